The molecule has 1 aromatic carbocycles. The Morgan fingerprint density at radius 1 is 1.31 bits per heavy atom. The van der Waals surface area contributed by atoms with Gasteiger partial charge in [-0.2, -0.15) is 0 Å². The van der Waals surface area contributed by atoms with E-state index in [2.05, 4.69) is 19.2 Å². The highest BCUT2D eigenvalue weighted by Crippen LogP contribution is 2.02. The van der Waals surface area contributed by atoms with Gasteiger partial charge in [0.15, 0.2) is 0 Å². The lowest BCUT2D eigenvalue weighted by Crippen LogP contribution is -2.24. The Labute approximate surface area is 79.0 Å². The maximum absolute atomic E-state index is 12.5. The molecule has 1 rings (SSSR count). The van der Waals surface area contributed by atoms with Gasteiger partial charge in [0.25, 0.3) is 0 Å². The van der Waals surface area contributed by atoms with Crippen LogP contribution in [0.25, 0.3) is 0 Å². The molecule has 0 amide bonds. The summed E-state index contributed by atoms with van der Waals surface area (Å²) in [4.78, 5) is 0. The van der Waals surface area contributed by atoms with Gasteiger partial charge < -0.3 is 5.32 Å². The normalized spacial score (nSPS) is 12.8. The minimum absolute atomic E-state index is 0.174. The topological polar surface area (TPSA) is 12.0 Å². The first-order chi connectivity index (χ1) is 6.22. The maximum Gasteiger partial charge on any atom is 0.123 e. The van der Waals surface area contributed by atoms with Crippen molar-refractivity contribution in [1.82, 2.24) is 5.32 Å². The maximum atomic E-state index is 12.5. The van der Waals surface area contributed by atoms with Crippen LogP contribution in [0.4, 0.5) is 4.39 Å². The third-order valence-corrected chi connectivity index (χ3v) is 2.18. The Kier molecular flexibility index (Phi) is 3.90. The van der Waals surface area contributed by atoms with E-state index in [9.17, 15) is 4.39 Å². The van der Waals surface area contributed by atoms with Gasteiger partial charge >= 0.3 is 0 Å². The fourth-order valence-corrected chi connectivity index (χ4v) is 1.04. The van der Waals surface area contributed by atoms with Crippen LogP contribution in [0.15, 0.2) is 24.3 Å². The zero-order chi connectivity index (χ0) is 9.68. The standard InChI is InChI=1S/C11H16FN/c1-3-9(2)13-8-10-4-6-11(12)7-5-10/h4-7,9,13H,3,8H2,1-2H3/t9-/m0/s1. The zero-order valence-corrected chi connectivity index (χ0v) is 8.18. The molecule has 1 nitrogen and oxygen atoms in total. The van der Waals surface area contributed by atoms with E-state index in [4.69, 9.17) is 0 Å². The van der Waals surface area contributed by atoms with Crippen molar-refractivity contribution in [2.24, 2.45) is 0 Å². The summed E-state index contributed by atoms with van der Waals surface area (Å²) in [5.41, 5.74) is 1.13. The summed E-state index contributed by atoms with van der Waals surface area (Å²) in [6.45, 7) is 5.10. The highest BCUT2D eigenvalue weighted by molar-refractivity contribution is 5.15. The number of nitrogens with one attached hydrogen (secondary N) is 1. The quantitative estimate of drug-likeness (QED) is 0.753. The van der Waals surface area contributed by atoms with Gasteiger partial charge in [-0.3, -0.25) is 0 Å². The second kappa shape index (κ2) is 4.97. The minimum Gasteiger partial charge on any atom is -0.310 e. The van der Waals surface area contributed by atoms with Gasteiger partial charge in [-0.25, -0.2) is 4.39 Å². The molecule has 0 aromatic heterocycles. The molecule has 0 bridgehead atoms. The van der Waals surface area contributed by atoms with Crippen LogP contribution in [0.2, 0.25) is 0 Å². The molecule has 0 saturated carbocycles. The summed E-state index contributed by atoms with van der Waals surface area (Å²) < 4.78 is 12.5. The summed E-state index contributed by atoms with van der Waals surface area (Å²) in [5.74, 6) is -0.174. The molecule has 0 unspecified atom stereocenters. The number of benzene rings is 1. The largest absolute Gasteiger partial charge is 0.310 e. The highest BCUT2D eigenvalue weighted by atomic mass is 19.1. The molecule has 72 valence electrons. The molecule has 1 atom stereocenters. The van der Waals surface area contributed by atoms with Crippen LogP contribution in [-0.4, -0.2) is 6.04 Å². The number of rotatable bonds is 4. The summed E-state index contributed by atoms with van der Waals surface area (Å²) in [7, 11) is 0. The van der Waals surface area contributed by atoms with Crippen LogP contribution in [-0.2, 0) is 6.54 Å². The zero-order valence-electron chi connectivity index (χ0n) is 8.18. The molecular weight excluding hydrogens is 165 g/mol. The average molecular weight is 181 g/mol. The van der Waals surface area contributed by atoms with E-state index in [1.54, 1.807) is 0 Å². The van der Waals surface area contributed by atoms with Crippen molar-refractivity contribution in [2.45, 2.75) is 32.9 Å². The molecule has 1 N–H and O–H groups in total. The highest BCUT2D eigenvalue weighted by Gasteiger charge is 1.97. The molecule has 0 radical (unpaired) electrons. The van der Waals surface area contributed by atoms with E-state index in [0.717, 1.165) is 18.5 Å². The van der Waals surface area contributed by atoms with Gasteiger partial charge in [-0.1, -0.05) is 19.1 Å². The third kappa shape index (κ3) is 3.55. The molecular formula is C11H16FN. The van der Waals surface area contributed by atoms with Gasteiger partial charge in [0.05, 0.1) is 0 Å². The Balaban J connectivity index is 2.41. The van der Waals surface area contributed by atoms with E-state index in [1.807, 2.05) is 12.1 Å². The minimum atomic E-state index is -0.174. The molecule has 0 fully saturated rings. The average Bonchev–Trinajstić information content (AvgIpc) is 2.16. The lowest BCUT2D eigenvalue weighted by atomic mass is 10.2. The lowest BCUT2D eigenvalue weighted by Gasteiger charge is -2.10. The summed E-state index contributed by atoms with van der Waals surface area (Å²) in [5, 5.41) is 3.35. The monoisotopic (exact) mass is 181 g/mol. The molecule has 0 aliphatic rings. The smallest absolute Gasteiger partial charge is 0.123 e. The van der Waals surface area contributed by atoms with E-state index < -0.39 is 0 Å². The van der Waals surface area contributed by atoms with Crippen LogP contribution in [0.5, 0.6) is 0 Å². The van der Waals surface area contributed by atoms with Crippen molar-refractivity contribution in [1.29, 1.82) is 0 Å². The Morgan fingerprint density at radius 3 is 2.46 bits per heavy atom. The van der Waals surface area contributed by atoms with Crippen molar-refractivity contribution in [3.63, 3.8) is 0 Å². The van der Waals surface area contributed by atoms with Crippen LogP contribution in [0.3, 0.4) is 0 Å². The van der Waals surface area contributed by atoms with Crippen molar-refractivity contribution in [3.8, 4) is 0 Å². The molecule has 0 aliphatic carbocycles. The van der Waals surface area contributed by atoms with Gasteiger partial charge in [-0.15, -0.1) is 0 Å². The van der Waals surface area contributed by atoms with Crippen LogP contribution in [0, 0.1) is 5.82 Å². The van der Waals surface area contributed by atoms with E-state index in [0.29, 0.717) is 6.04 Å². The van der Waals surface area contributed by atoms with Crippen molar-refractivity contribution < 1.29 is 4.39 Å². The Bertz CT molecular complexity index is 243. The van der Waals surface area contributed by atoms with E-state index in [-0.39, 0.29) is 5.82 Å². The second-order valence-corrected chi connectivity index (χ2v) is 3.32. The molecule has 0 saturated heterocycles. The molecule has 0 heterocycles. The van der Waals surface area contributed by atoms with Gasteiger partial charge in [0.1, 0.15) is 5.82 Å². The van der Waals surface area contributed by atoms with Crippen molar-refractivity contribution >= 4 is 0 Å². The molecule has 2 heteroatoms. The molecule has 0 aliphatic heterocycles. The fraction of sp³-hybridized carbons (Fsp3) is 0.455. The molecule has 13 heavy (non-hydrogen) atoms. The first kappa shape index (κ1) is 10.2. The van der Waals surface area contributed by atoms with Crippen LogP contribution in [0.1, 0.15) is 25.8 Å². The van der Waals surface area contributed by atoms with E-state index in [1.165, 1.54) is 12.1 Å². The second-order valence-electron chi connectivity index (χ2n) is 3.32. The number of hydrogen-bond donors (Lipinski definition) is 1. The van der Waals surface area contributed by atoms with Gasteiger partial charge in [0.2, 0.25) is 0 Å². The van der Waals surface area contributed by atoms with Gasteiger partial charge in [0, 0.05) is 12.6 Å². The number of halogens is 1. The fourth-order valence-electron chi connectivity index (χ4n) is 1.04. The lowest BCUT2D eigenvalue weighted by molar-refractivity contribution is 0.533. The summed E-state index contributed by atoms with van der Waals surface area (Å²) in [6, 6.07) is 7.13. The predicted molar refractivity (Wildman–Crippen MR) is 53.0 cm³/mol. The number of hydrogen-bond acceptors (Lipinski definition) is 1. The van der Waals surface area contributed by atoms with Crippen molar-refractivity contribution in [3.05, 3.63) is 35.6 Å². The van der Waals surface area contributed by atoms with E-state index >= 15 is 0 Å². The first-order valence-corrected chi connectivity index (χ1v) is 4.70. The summed E-state index contributed by atoms with van der Waals surface area (Å²) >= 11 is 0. The van der Waals surface area contributed by atoms with Gasteiger partial charge in [-0.05, 0) is 31.0 Å². The Morgan fingerprint density at radius 2 is 1.92 bits per heavy atom. The van der Waals surface area contributed by atoms with Crippen LogP contribution < -0.4 is 5.32 Å². The van der Waals surface area contributed by atoms with Crippen LogP contribution >= 0.6 is 0 Å². The first-order valence-electron chi connectivity index (χ1n) is 4.70. The third-order valence-electron chi connectivity index (χ3n) is 2.18. The molecule has 0 spiro atoms. The summed E-state index contributed by atoms with van der Waals surface area (Å²) in [6.07, 6.45) is 1.11. The Hall–Kier alpha value is -0.890. The molecule has 1 aromatic rings. The van der Waals surface area contributed by atoms with Crippen molar-refractivity contribution in [2.75, 3.05) is 0 Å². The SMILES string of the molecule is CC[C@H](C)NCc1ccc(F)cc1. The predicted octanol–water partition coefficient (Wildman–Crippen LogP) is 2.71.